The zero-order valence-corrected chi connectivity index (χ0v) is 5.11. The number of aliphatic hydroxyl groups excluding tert-OH is 1. The second-order valence-electron chi connectivity index (χ2n) is 1.55. The predicted octanol–water partition coefficient (Wildman–Crippen LogP) is 0.421. The van der Waals surface area contributed by atoms with Crippen molar-refractivity contribution in [2.24, 2.45) is 0 Å². The fraction of sp³-hybridized carbons (Fsp3) is 0.167. The van der Waals surface area contributed by atoms with Crippen molar-refractivity contribution in [1.82, 2.24) is 0 Å². The lowest BCUT2D eigenvalue weighted by Crippen LogP contribution is -1.91. The van der Waals surface area contributed by atoms with Gasteiger partial charge in [-0.1, -0.05) is 0 Å². The van der Waals surface area contributed by atoms with Crippen LogP contribution in [0, 0.1) is 0 Å². The molecule has 1 aromatic heterocycles. The molecule has 0 saturated heterocycles. The quantitative estimate of drug-likeness (QED) is 0.490. The van der Waals surface area contributed by atoms with Gasteiger partial charge < -0.3 is 14.3 Å². The molecule has 0 aliphatic carbocycles. The molecule has 0 aromatic carbocycles. The molecule has 0 aliphatic rings. The molecule has 10 heavy (non-hydrogen) atoms. The van der Waals surface area contributed by atoms with Gasteiger partial charge in [-0.2, -0.15) is 0 Å². The van der Waals surface area contributed by atoms with Crippen molar-refractivity contribution in [3.8, 4) is 5.95 Å². The summed E-state index contributed by atoms with van der Waals surface area (Å²) in [5.74, 6) is 0.327. The van der Waals surface area contributed by atoms with Crippen LogP contribution in [-0.4, -0.2) is 18.2 Å². The molecule has 0 aliphatic heterocycles. The first-order chi connectivity index (χ1) is 4.86. The van der Waals surface area contributed by atoms with Crippen LogP contribution in [-0.2, 0) is 0 Å². The van der Waals surface area contributed by atoms with Gasteiger partial charge in [-0.25, -0.2) is 0 Å². The van der Waals surface area contributed by atoms with E-state index >= 15 is 0 Å². The maximum absolute atomic E-state index is 10.0. The van der Waals surface area contributed by atoms with Crippen molar-refractivity contribution in [2.45, 2.75) is 0 Å². The standard InChI is InChI=1S/C6H6O4/c7-3-5-1-2-6(10-5)9-4-8/h1-3,8H,4H2. The number of aldehydes is 1. The third-order valence-corrected chi connectivity index (χ3v) is 0.925. The molecule has 0 amide bonds. The zero-order valence-electron chi connectivity index (χ0n) is 5.11. The van der Waals surface area contributed by atoms with Crippen LogP contribution >= 0.6 is 0 Å². The first-order valence-electron chi connectivity index (χ1n) is 2.65. The fourth-order valence-corrected chi connectivity index (χ4v) is 0.539. The Morgan fingerprint density at radius 3 is 3.00 bits per heavy atom. The molecule has 0 fully saturated rings. The van der Waals surface area contributed by atoms with E-state index < -0.39 is 6.79 Å². The first kappa shape index (κ1) is 6.82. The van der Waals surface area contributed by atoms with E-state index in [0.717, 1.165) is 0 Å². The van der Waals surface area contributed by atoms with Crippen LogP contribution in [0.4, 0.5) is 0 Å². The molecule has 1 heterocycles. The summed E-state index contributed by atoms with van der Waals surface area (Å²) < 4.78 is 9.24. The van der Waals surface area contributed by atoms with E-state index in [1.54, 1.807) is 0 Å². The highest BCUT2D eigenvalue weighted by atomic mass is 16.6. The molecule has 0 saturated carbocycles. The Morgan fingerprint density at radius 2 is 2.50 bits per heavy atom. The molecule has 0 spiro atoms. The van der Waals surface area contributed by atoms with Gasteiger partial charge in [-0.3, -0.25) is 4.79 Å². The number of aliphatic hydroxyl groups is 1. The smallest absolute Gasteiger partial charge is 0.287 e. The number of hydrogen-bond acceptors (Lipinski definition) is 4. The summed E-state index contributed by atoms with van der Waals surface area (Å²) in [7, 11) is 0. The molecule has 54 valence electrons. The largest absolute Gasteiger partial charge is 0.438 e. The Labute approximate surface area is 57.0 Å². The Hall–Kier alpha value is -1.29. The van der Waals surface area contributed by atoms with Crippen molar-refractivity contribution < 1.29 is 19.1 Å². The van der Waals surface area contributed by atoms with Crippen LogP contribution in [0.1, 0.15) is 10.6 Å². The van der Waals surface area contributed by atoms with Crippen molar-refractivity contribution >= 4 is 6.29 Å². The molecule has 0 bridgehead atoms. The summed E-state index contributed by atoms with van der Waals surface area (Å²) in [6.45, 7) is -0.453. The summed E-state index contributed by atoms with van der Waals surface area (Å²) in [6.07, 6.45) is 0.560. The van der Waals surface area contributed by atoms with Gasteiger partial charge in [0.1, 0.15) is 0 Å². The lowest BCUT2D eigenvalue weighted by molar-refractivity contribution is 0.0730. The number of carbonyl (C=O) groups is 1. The SMILES string of the molecule is O=Cc1ccc(OCO)o1. The molecule has 0 radical (unpaired) electrons. The van der Waals surface area contributed by atoms with Gasteiger partial charge in [0, 0.05) is 6.07 Å². The van der Waals surface area contributed by atoms with E-state index in [4.69, 9.17) is 9.52 Å². The highest BCUT2D eigenvalue weighted by Gasteiger charge is 1.98. The van der Waals surface area contributed by atoms with Gasteiger partial charge in [0.05, 0.1) is 0 Å². The van der Waals surface area contributed by atoms with Gasteiger partial charge in [0.25, 0.3) is 5.95 Å². The summed E-state index contributed by atoms with van der Waals surface area (Å²) in [5, 5.41) is 8.23. The maximum Gasteiger partial charge on any atom is 0.287 e. The molecule has 1 N–H and O–H groups in total. The van der Waals surface area contributed by atoms with E-state index in [0.29, 0.717) is 6.29 Å². The van der Waals surface area contributed by atoms with E-state index in [1.807, 2.05) is 0 Å². The maximum atomic E-state index is 10.0. The predicted molar refractivity (Wildman–Crippen MR) is 31.8 cm³/mol. The molecular weight excluding hydrogens is 136 g/mol. The number of furan rings is 1. The normalized spacial score (nSPS) is 9.30. The van der Waals surface area contributed by atoms with E-state index in [9.17, 15) is 4.79 Å². The minimum atomic E-state index is -0.453. The number of hydrogen-bond donors (Lipinski definition) is 1. The second kappa shape index (κ2) is 3.03. The second-order valence-corrected chi connectivity index (χ2v) is 1.55. The third-order valence-electron chi connectivity index (χ3n) is 0.925. The Kier molecular flexibility index (Phi) is 2.07. The minimum absolute atomic E-state index is 0.143. The van der Waals surface area contributed by atoms with Crippen LogP contribution in [0.2, 0.25) is 0 Å². The van der Waals surface area contributed by atoms with Gasteiger partial charge in [-0.05, 0) is 6.07 Å². The molecule has 0 unspecified atom stereocenters. The fourth-order valence-electron chi connectivity index (χ4n) is 0.539. The summed E-state index contributed by atoms with van der Waals surface area (Å²) in [6, 6.07) is 2.91. The van der Waals surface area contributed by atoms with E-state index in [1.165, 1.54) is 12.1 Å². The van der Waals surface area contributed by atoms with Crippen molar-refractivity contribution in [3.05, 3.63) is 17.9 Å². The zero-order chi connectivity index (χ0) is 7.40. The molecule has 4 nitrogen and oxygen atoms in total. The van der Waals surface area contributed by atoms with Crippen LogP contribution in [0.5, 0.6) is 5.95 Å². The Bertz CT molecular complexity index is 215. The Morgan fingerprint density at radius 1 is 1.70 bits per heavy atom. The van der Waals surface area contributed by atoms with E-state index in [2.05, 4.69) is 4.74 Å². The highest BCUT2D eigenvalue weighted by Crippen LogP contribution is 2.13. The monoisotopic (exact) mass is 142 g/mol. The van der Waals surface area contributed by atoms with Crippen molar-refractivity contribution in [1.29, 1.82) is 0 Å². The summed E-state index contributed by atoms with van der Waals surface area (Å²) in [5.41, 5.74) is 0. The first-order valence-corrected chi connectivity index (χ1v) is 2.65. The summed E-state index contributed by atoms with van der Waals surface area (Å²) >= 11 is 0. The van der Waals surface area contributed by atoms with Crippen LogP contribution in [0.15, 0.2) is 16.5 Å². The van der Waals surface area contributed by atoms with Gasteiger partial charge in [0.15, 0.2) is 18.8 Å². The molecule has 0 atom stereocenters. The number of carbonyl (C=O) groups excluding carboxylic acids is 1. The minimum Gasteiger partial charge on any atom is -0.438 e. The third kappa shape index (κ3) is 1.35. The lowest BCUT2D eigenvalue weighted by Gasteiger charge is -1.92. The van der Waals surface area contributed by atoms with Gasteiger partial charge in [0.2, 0.25) is 0 Å². The van der Waals surface area contributed by atoms with Crippen LogP contribution < -0.4 is 4.74 Å². The van der Waals surface area contributed by atoms with Crippen LogP contribution in [0.3, 0.4) is 0 Å². The van der Waals surface area contributed by atoms with Crippen LogP contribution in [0.25, 0.3) is 0 Å². The summed E-state index contributed by atoms with van der Waals surface area (Å²) in [4.78, 5) is 10.0. The Balaban J connectivity index is 2.68. The molecule has 4 heteroatoms. The van der Waals surface area contributed by atoms with Gasteiger partial charge in [-0.15, -0.1) is 0 Å². The van der Waals surface area contributed by atoms with Crippen molar-refractivity contribution in [2.75, 3.05) is 6.79 Å². The van der Waals surface area contributed by atoms with Gasteiger partial charge >= 0.3 is 0 Å². The average molecular weight is 142 g/mol. The average Bonchev–Trinajstić information content (AvgIpc) is 2.37. The lowest BCUT2D eigenvalue weighted by atomic mass is 10.5. The highest BCUT2D eigenvalue weighted by molar-refractivity contribution is 5.70. The topological polar surface area (TPSA) is 59.7 Å². The number of ether oxygens (including phenoxy) is 1. The molecule has 1 aromatic rings. The molecule has 1 rings (SSSR count). The van der Waals surface area contributed by atoms with E-state index in [-0.39, 0.29) is 11.7 Å². The molecular formula is C6H6O4. The number of rotatable bonds is 3. The van der Waals surface area contributed by atoms with Crippen molar-refractivity contribution in [3.63, 3.8) is 0 Å².